The maximum Gasteiger partial charge on any atom is 0.404 e. The zero-order valence-corrected chi connectivity index (χ0v) is 6.43. The molecule has 0 heterocycles. The molecule has 0 rings (SSSR count). The number of alkyl halides is 3. The summed E-state index contributed by atoms with van der Waals surface area (Å²) in [6.45, 7) is 1.80. The summed E-state index contributed by atoms with van der Waals surface area (Å²) in [5.74, 6) is 0.629. The highest BCUT2D eigenvalue weighted by atomic mass is 32.2. The molecule has 1 unspecified atom stereocenters. The lowest BCUT2D eigenvalue weighted by Gasteiger charge is -2.13. The summed E-state index contributed by atoms with van der Waals surface area (Å²) < 4.78 is 34.9. The Balaban J connectivity index is 3.52. The maximum absolute atomic E-state index is 11.6. The molecule has 0 aliphatic rings. The van der Waals surface area contributed by atoms with Crippen molar-refractivity contribution in [2.24, 2.45) is 5.73 Å². The van der Waals surface area contributed by atoms with Crippen molar-refractivity contribution in [2.45, 2.75) is 19.1 Å². The van der Waals surface area contributed by atoms with Crippen molar-refractivity contribution >= 4 is 11.8 Å². The van der Waals surface area contributed by atoms with Gasteiger partial charge in [0.2, 0.25) is 0 Å². The van der Waals surface area contributed by atoms with Crippen molar-refractivity contribution in [1.82, 2.24) is 0 Å². The van der Waals surface area contributed by atoms with Crippen LogP contribution in [0.1, 0.15) is 6.92 Å². The maximum atomic E-state index is 11.6. The van der Waals surface area contributed by atoms with Crippen LogP contribution < -0.4 is 5.73 Å². The lowest BCUT2D eigenvalue weighted by atomic mass is 10.4. The Morgan fingerprint density at radius 3 is 2.30 bits per heavy atom. The third kappa shape index (κ3) is 4.00. The summed E-state index contributed by atoms with van der Waals surface area (Å²) in [5.41, 5.74) is 4.79. The van der Waals surface area contributed by atoms with Gasteiger partial charge in [0.05, 0.1) is 0 Å². The molecular weight excluding hydrogens is 163 g/mol. The Morgan fingerprint density at radius 1 is 1.50 bits per heavy atom. The van der Waals surface area contributed by atoms with Gasteiger partial charge < -0.3 is 5.73 Å². The Bertz CT molecular complexity index is 93.4. The molecule has 2 N–H and O–H groups in total. The molecule has 0 saturated heterocycles. The fourth-order valence-electron chi connectivity index (χ4n) is 0.339. The zero-order chi connectivity index (χ0) is 8.20. The van der Waals surface area contributed by atoms with Gasteiger partial charge in [-0.3, -0.25) is 0 Å². The second-order valence-electron chi connectivity index (χ2n) is 1.81. The average Bonchev–Trinajstić information content (AvgIpc) is 1.80. The molecular formula is C5H10F3NS. The van der Waals surface area contributed by atoms with Gasteiger partial charge in [-0.1, -0.05) is 6.92 Å². The molecule has 0 aromatic rings. The number of hydrogen-bond acceptors (Lipinski definition) is 2. The molecule has 0 aliphatic heterocycles. The van der Waals surface area contributed by atoms with Gasteiger partial charge in [-0.05, 0) is 5.75 Å². The Morgan fingerprint density at radius 2 is 2.00 bits per heavy atom. The molecule has 0 bridgehead atoms. The molecule has 10 heavy (non-hydrogen) atoms. The van der Waals surface area contributed by atoms with Crippen LogP contribution in [0.4, 0.5) is 13.2 Å². The molecule has 0 amide bonds. The van der Waals surface area contributed by atoms with Gasteiger partial charge in [-0.2, -0.15) is 24.9 Å². The monoisotopic (exact) mass is 173 g/mol. The fraction of sp³-hybridized carbons (Fsp3) is 1.00. The number of rotatable bonds is 3. The van der Waals surface area contributed by atoms with Crippen LogP contribution in [0.5, 0.6) is 0 Å². The van der Waals surface area contributed by atoms with Gasteiger partial charge in [0.15, 0.2) is 0 Å². The highest BCUT2D eigenvalue weighted by Crippen LogP contribution is 2.20. The van der Waals surface area contributed by atoms with Crippen molar-refractivity contribution < 1.29 is 13.2 Å². The topological polar surface area (TPSA) is 26.0 Å². The Labute approximate surface area is 62.2 Å². The number of halogens is 3. The second kappa shape index (κ2) is 4.08. The van der Waals surface area contributed by atoms with Crippen molar-refractivity contribution in [3.8, 4) is 0 Å². The van der Waals surface area contributed by atoms with Gasteiger partial charge in [-0.25, -0.2) is 0 Å². The summed E-state index contributed by atoms with van der Waals surface area (Å²) >= 11 is 1.20. The number of hydrogen-bond donors (Lipinski definition) is 1. The predicted molar refractivity (Wildman–Crippen MR) is 37.0 cm³/mol. The molecule has 0 radical (unpaired) electrons. The lowest BCUT2D eigenvalue weighted by Crippen LogP contribution is -2.39. The SMILES string of the molecule is CCSCC(N)C(F)(F)F. The van der Waals surface area contributed by atoms with E-state index in [1.54, 1.807) is 6.92 Å². The minimum absolute atomic E-state index is 0.0417. The first-order chi connectivity index (χ1) is 4.48. The van der Waals surface area contributed by atoms with E-state index in [9.17, 15) is 13.2 Å². The van der Waals surface area contributed by atoms with E-state index in [0.717, 1.165) is 0 Å². The van der Waals surface area contributed by atoms with E-state index < -0.39 is 12.2 Å². The normalized spacial score (nSPS) is 15.3. The van der Waals surface area contributed by atoms with Crippen molar-refractivity contribution in [3.05, 3.63) is 0 Å². The van der Waals surface area contributed by atoms with E-state index in [0.29, 0.717) is 5.75 Å². The third-order valence-electron chi connectivity index (χ3n) is 0.922. The van der Waals surface area contributed by atoms with E-state index in [-0.39, 0.29) is 5.75 Å². The number of thioether (sulfide) groups is 1. The fourth-order valence-corrected chi connectivity index (χ4v) is 1.02. The van der Waals surface area contributed by atoms with Crippen LogP contribution >= 0.6 is 11.8 Å². The summed E-state index contributed by atoms with van der Waals surface area (Å²) in [7, 11) is 0. The van der Waals surface area contributed by atoms with E-state index in [4.69, 9.17) is 5.73 Å². The van der Waals surface area contributed by atoms with Crippen LogP contribution in [0.3, 0.4) is 0 Å². The second-order valence-corrected chi connectivity index (χ2v) is 3.13. The summed E-state index contributed by atoms with van der Waals surface area (Å²) in [6, 6.07) is -1.67. The van der Waals surface area contributed by atoms with E-state index in [2.05, 4.69) is 0 Å². The first kappa shape index (κ1) is 10.1. The van der Waals surface area contributed by atoms with Crippen LogP contribution in [0.25, 0.3) is 0 Å². The van der Waals surface area contributed by atoms with Crippen molar-refractivity contribution in [3.63, 3.8) is 0 Å². The van der Waals surface area contributed by atoms with Gasteiger partial charge in [0.1, 0.15) is 6.04 Å². The molecule has 0 saturated carbocycles. The summed E-state index contributed by atoms with van der Waals surface area (Å²) in [6.07, 6.45) is -4.23. The molecule has 0 spiro atoms. The highest BCUT2D eigenvalue weighted by Gasteiger charge is 2.35. The molecule has 0 aromatic heterocycles. The first-order valence-corrected chi connectivity index (χ1v) is 4.04. The molecule has 0 aliphatic carbocycles. The van der Waals surface area contributed by atoms with Crippen LogP contribution in [0.15, 0.2) is 0 Å². The average molecular weight is 173 g/mol. The van der Waals surface area contributed by atoms with Gasteiger partial charge in [0, 0.05) is 5.75 Å². The largest absolute Gasteiger partial charge is 0.404 e. The zero-order valence-electron chi connectivity index (χ0n) is 5.61. The van der Waals surface area contributed by atoms with Crippen molar-refractivity contribution in [1.29, 1.82) is 0 Å². The minimum Gasteiger partial charge on any atom is -0.319 e. The van der Waals surface area contributed by atoms with Gasteiger partial charge in [0.25, 0.3) is 0 Å². The van der Waals surface area contributed by atoms with Crippen LogP contribution in [0, 0.1) is 0 Å². The van der Waals surface area contributed by atoms with Crippen LogP contribution in [-0.4, -0.2) is 23.7 Å². The van der Waals surface area contributed by atoms with Crippen molar-refractivity contribution in [2.75, 3.05) is 11.5 Å². The molecule has 0 aromatic carbocycles. The van der Waals surface area contributed by atoms with E-state index in [1.807, 2.05) is 0 Å². The summed E-state index contributed by atoms with van der Waals surface area (Å²) in [5, 5.41) is 0. The minimum atomic E-state index is -4.23. The van der Waals surface area contributed by atoms with Crippen LogP contribution in [0.2, 0.25) is 0 Å². The molecule has 1 atom stereocenters. The highest BCUT2D eigenvalue weighted by molar-refractivity contribution is 7.99. The smallest absolute Gasteiger partial charge is 0.319 e. The molecule has 1 nitrogen and oxygen atoms in total. The van der Waals surface area contributed by atoms with Gasteiger partial charge in [-0.15, -0.1) is 0 Å². The van der Waals surface area contributed by atoms with Gasteiger partial charge >= 0.3 is 6.18 Å². The molecule has 62 valence electrons. The summed E-state index contributed by atoms with van der Waals surface area (Å²) in [4.78, 5) is 0. The standard InChI is InChI=1S/C5H10F3NS/c1-2-10-3-4(9)5(6,7)8/h4H,2-3,9H2,1H3. The molecule has 0 fully saturated rings. The van der Waals surface area contributed by atoms with E-state index in [1.165, 1.54) is 11.8 Å². The quantitative estimate of drug-likeness (QED) is 0.702. The predicted octanol–water partition coefficient (Wildman–Crippen LogP) is 1.63. The number of nitrogens with two attached hydrogens (primary N) is 1. The first-order valence-electron chi connectivity index (χ1n) is 2.88. The van der Waals surface area contributed by atoms with Crippen LogP contribution in [-0.2, 0) is 0 Å². The Kier molecular flexibility index (Phi) is 4.12. The third-order valence-corrected chi connectivity index (χ3v) is 1.93. The van der Waals surface area contributed by atoms with E-state index >= 15 is 0 Å². The lowest BCUT2D eigenvalue weighted by molar-refractivity contribution is -0.142. The Hall–Kier alpha value is 0.100. The molecule has 5 heteroatoms.